The molecule has 140 valence electrons. The van der Waals surface area contributed by atoms with Gasteiger partial charge in [-0.05, 0) is 52.5 Å². The summed E-state index contributed by atoms with van der Waals surface area (Å²) in [5.74, 6) is 1.91. The van der Waals surface area contributed by atoms with Crippen molar-refractivity contribution in [2.75, 3.05) is 40.3 Å². The number of unbranched alkanes of at least 4 members (excludes halogenated alkanes) is 4. The van der Waals surface area contributed by atoms with E-state index in [1.165, 1.54) is 32.2 Å². The number of nitrogens with one attached hydrogen (secondary N) is 2. The van der Waals surface area contributed by atoms with E-state index < -0.39 is 0 Å². The van der Waals surface area contributed by atoms with Gasteiger partial charge in [-0.3, -0.25) is 4.99 Å². The Kier molecular flexibility index (Phi) is 15.3. The largest absolute Gasteiger partial charge is 0.469 e. The van der Waals surface area contributed by atoms with Gasteiger partial charge in [0, 0.05) is 26.1 Å². The van der Waals surface area contributed by atoms with Gasteiger partial charge in [0.2, 0.25) is 0 Å². The maximum Gasteiger partial charge on any atom is 0.191 e. The van der Waals surface area contributed by atoms with Crippen LogP contribution in [0.5, 0.6) is 0 Å². The van der Waals surface area contributed by atoms with Crippen molar-refractivity contribution in [3.63, 3.8) is 0 Å². The first kappa shape index (κ1) is 23.2. The van der Waals surface area contributed by atoms with Crippen LogP contribution in [0.4, 0.5) is 0 Å². The summed E-state index contributed by atoms with van der Waals surface area (Å²) in [5.41, 5.74) is 0. The van der Waals surface area contributed by atoms with Crippen LogP contribution in [-0.4, -0.2) is 51.1 Å². The highest BCUT2D eigenvalue weighted by Crippen LogP contribution is 2.03. The summed E-state index contributed by atoms with van der Waals surface area (Å²) in [6.07, 6.45) is 8.96. The number of halogens is 1. The summed E-state index contributed by atoms with van der Waals surface area (Å²) < 4.78 is 5.33. The molecule has 1 rings (SSSR count). The van der Waals surface area contributed by atoms with Gasteiger partial charge in [-0.15, -0.1) is 24.0 Å². The van der Waals surface area contributed by atoms with Crippen molar-refractivity contribution in [2.24, 2.45) is 4.99 Å². The molecule has 1 aromatic rings. The zero-order valence-corrected chi connectivity index (χ0v) is 17.8. The van der Waals surface area contributed by atoms with Crippen LogP contribution in [0.3, 0.4) is 0 Å². The van der Waals surface area contributed by atoms with Crippen molar-refractivity contribution in [2.45, 2.75) is 45.4 Å². The Labute approximate surface area is 164 Å². The molecule has 0 bridgehead atoms. The number of rotatable bonds is 12. The third-order valence-corrected chi connectivity index (χ3v) is 3.62. The summed E-state index contributed by atoms with van der Waals surface area (Å²) >= 11 is 0. The zero-order valence-electron chi connectivity index (χ0n) is 15.5. The molecular formula is C18H35IN4O. The van der Waals surface area contributed by atoms with Gasteiger partial charge >= 0.3 is 0 Å². The molecule has 0 fully saturated rings. The Balaban J connectivity index is 0.00000529. The quantitative estimate of drug-likeness (QED) is 0.222. The second kappa shape index (κ2) is 15.7. The SMILES string of the molecule is CCNC(=NCCCCCCCN(C)C)NCCc1ccco1.I. The maximum absolute atomic E-state index is 5.33. The topological polar surface area (TPSA) is 52.8 Å². The van der Waals surface area contributed by atoms with Gasteiger partial charge in [0.05, 0.1) is 6.26 Å². The summed E-state index contributed by atoms with van der Waals surface area (Å²) in [6.45, 7) is 5.90. The van der Waals surface area contributed by atoms with Crippen LogP contribution >= 0.6 is 24.0 Å². The number of hydrogen-bond donors (Lipinski definition) is 2. The number of nitrogens with zero attached hydrogens (tertiary/aromatic N) is 2. The fourth-order valence-electron chi connectivity index (χ4n) is 2.36. The van der Waals surface area contributed by atoms with Crippen LogP contribution in [0.15, 0.2) is 27.8 Å². The van der Waals surface area contributed by atoms with Crippen LogP contribution in [0.25, 0.3) is 0 Å². The Bertz CT molecular complexity index is 407. The van der Waals surface area contributed by atoms with E-state index in [2.05, 4.69) is 41.5 Å². The average Bonchev–Trinajstić information content (AvgIpc) is 3.03. The van der Waals surface area contributed by atoms with Crippen LogP contribution < -0.4 is 10.6 Å². The number of furan rings is 1. The molecule has 0 aliphatic rings. The lowest BCUT2D eigenvalue weighted by atomic mass is 10.1. The first-order valence-electron chi connectivity index (χ1n) is 8.91. The standard InChI is InChI=1S/C18H34N4O.HI/c1-4-19-18(21-14-12-17-11-10-16-23-17)20-13-8-6-5-7-9-15-22(2)3;/h10-11,16H,4-9,12-15H2,1-3H3,(H2,19,20,21);1H. The van der Waals surface area contributed by atoms with Crippen molar-refractivity contribution in [1.29, 1.82) is 0 Å². The van der Waals surface area contributed by atoms with Gasteiger partial charge in [-0.1, -0.05) is 19.3 Å². The zero-order chi connectivity index (χ0) is 16.8. The molecule has 0 saturated carbocycles. The summed E-state index contributed by atoms with van der Waals surface area (Å²) in [7, 11) is 4.27. The number of hydrogen-bond acceptors (Lipinski definition) is 3. The molecule has 0 atom stereocenters. The number of guanidine groups is 1. The van der Waals surface area contributed by atoms with E-state index in [9.17, 15) is 0 Å². The van der Waals surface area contributed by atoms with Crippen LogP contribution in [0.2, 0.25) is 0 Å². The van der Waals surface area contributed by atoms with Gasteiger partial charge in [-0.25, -0.2) is 0 Å². The lowest BCUT2D eigenvalue weighted by molar-refractivity contribution is 0.390. The molecule has 24 heavy (non-hydrogen) atoms. The van der Waals surface area contributed by atoms with Crippen molar-refractivity contribution in [3.05, 3.63) is 24.2 Å². The molecule has 0 radical (unpaired) electrons. The van der Waals surface area contributed by atoms with Gasteiger partial charge in [0.1, 0.15) is 5.76 Å². The van der Waals surface area contributed by atoms with Gasteiger partial charge < -0.3 is 20.0 Å². The van der Waals surface area contributed by atoms with E-state index in [1.54, 1.807) is 6.26 Å². The van der Waals surface area contributed by atoms with E-state index in [-0.39, 0.29) is 24.0 Å². The Morgan fingerprint density at radius 2 is 1.88 bits per heavy atom. The minimum absolute atomic E-state index is 0. The van der Waals surface area contributed by atoms with Crippen molar-refractivity contribution >= 4 is 29.9 Å². The third kappa shape index (κ3) is 12.6. The van der Waals surface area contributed by atoms with E-state index in [1.807, 2.05) is 12.1 Å². The maximum atomic E-state index is 5.33. The minimum atomic E-state index is 0. The van der Waals surface area contributed by atoms with E-state index >= 15 is 0 Å². The Morgan fingerprint density at radius 3 is 2.54 bits per heavy atom. The Hall–Kier alpha value is -0.760. The second-order valence-electron chi connectivity index (χ2n) is 6.09. The summed E-state index contributed by atoms with van der Waals surface area (Å²) in [6, 6.07) is 3.93. The van der Waals surface area contributed by atoms with Crippen molar-refractivity contribution in [3.8, 4) is 0 Å². The molecule has 0 unspecified atom stereocenters. The molecule has 0 spiro atoms. The predicted molar refractivity (Wildman–Crippen MR) is 113 cm³/mol. The fourth-order valence-corrected chi connectivity index (χ4v) is 2.36. The molecule has 1 aromatic heterocycles. The smallest absolute Gasteiger partial charge is 0.191 e. The summed E-state index contributed by atoms with van der Waals surface area (Å²) in [4.78, 5) is 6.89. The van der Waals surface area contributed by atoms with Crippen molar-refractivity contribution in [1.82, 2.24) is 15.5 Å². The monoisotopic (exact) mass is 450 g/mol. The van der Waals surface area contributed by atoms with Gasteiger partial charge in [0.25, 0.3) is 0 Å². The van der Waals surface area contributed by atoms with E-state index in [4.69, 9.17) is 4.42 Å². The first-order chi connectivity index (χ1) is 11.2. The molecule has 2 N–H and O–H groups in total. The molecule has 6 heteroatoms. The molecule has 5 nitrogen and oxygen atoms in total. The second-order valence-corrected chi connectivity index (χ2v) is 6.09. The van der Waals surface area contributed by atoms with E-state index in [0.29, 0.717) is 0 Å². The minimum Gasteiger partial charge on any atom is -0.469 e. The summed E-state index contributed by atoms with van der Waals surface area (Å²) in [5, 5.41) is 6.65. The molecular weight excluding hydrogens is 415 g/mol. The van der Waals surface area contributed by atoms with Gasteiger partial charge in [-0.2, -0.15) is 0 Å². The number of aliphatic imine (C=N–C) groups is 1. The third-order valence-electron chi connectivity index (χ3n) is 3.62. The lowest BCUT2D eigenvalue weighted by Gasteiger charge is -2.10. The van der Waals surface area contributed by atoms with Gasteiger partial charge in [0.15, 0.2) is 5.96 Å². The molecule has 0 aliphatic heterocycles. The molecule has 0 amide bonds. The fraction of sp³-hybridized carbons (Fsp3) is 0.722. The highest BCUT2D eigenvalue weighted by atomic mass is 127. The first-order valence-corrected chi connectivity index (χ1v) is 8.91. The lowest BCUT2D eigenvalue weighted by Crippen LogP contribution is -2.38. The molecule has 0 saturated heterocycles. The molecule has 1 heterocycles. The van der Waals surface area contributed by atoms with Crippen LogP contribution in [0, 0.1) is 0 Å². The Morgan fingerprint density at radius 1 is 1.12 bits per heavy atom. The van der Waals surface area contributed by atoms with Crippen molar-refractivity contribution < 1.29 is 4.42 Å². The normalized spacial score (nSPS) is 11.4. The highest BCUT2D eigenvalue weighted by molar-refractivity contribution is 14.0. The highest BCUT2D eigenvalue weighted by Gasteiger charge is 1.99. The molecule has 0 aliphatic carbocycles. The molecule has 0 aromatic carbocycles. The average molecular weight is 450 g/mol. The van der Waals surface area contributed by atoms with Crippen LogP contribution in [0.1, 0.15) is 44.8 Å². The predicted octanol–water partition coefficient (Wildman–Crippen LogP) is 3.51. The van der Waals surface area contributed by atoms with Crippen LogP contribution in [-0.2, 0) is 6.42 Å². The van der Waals surface area contributed by atoms with E-state index in [0.717, 1.165) is 44.2 Å².